The zero-order valence-corrected chi connectivity index (χ0v) is 10.1. The van der Waals surface area contributed by atoms with Crippen molar-refractivity contribution in [3.63, 3.8) is 0 Å². The van der Waals surface area contributed by atoms with E-state index in [0.717, 1.165) is 26.2 Å². The number of nitrogens with one attached hydrogen (secondary N) is 1. The van der Waals surface area contributed by atoms with Crippen LogP contribution >= 0.6 is 0 Å². The van der Waals surface area contributed by atoms with E-state index in [4.69, 9.17) is 0 Å². The van der Waals surface area contributed by atoms with E-state index in [9.17, 15) is 0 Å². The Bertz CT molecular complexity index is 262. The molecule has 1 rings (SSSR count). The van der Waals surface area contributed by atoms with Crippen LogP contribution in [0.4, 0.5) is 5.69 Å². The van der Waals surface area contributed by atoms with Crippen molar-refractivity contribution < 1.29 is 0 Å². The number of rotatable bonds is 6. The molecule has 84 valence electrons. The predicted octanol–water partition coefficient (Wildman–Crippen LogP) is 2.75. The van der Waals surface area contributed by atoms with Gasteiger partial charge >= 0.3 is 0 Å². The second kappa shape index (κ2) is 6.46. The highest BCUT2D eigenvalue weighted by Crippen LogP contribution is 2.07. The van der Waals surface area contributed by atoms with Gasteiger partial charge in [-0.2, -0.15) is 0 Å². The van der Waals surface area contributed by atoms with Gasteiger partial charge in [-0.05, 0) is 32.1 Å². The number of aryl methyl sites for hydroxylation is 1. The molecule has 0 aliphatic rings. The lowest BCUT2D eigenvalue weighted by Gasteiger charge is -2.18. The van der Waals surface area contributed by atoms with Gasteiger partial charge in [-0.3, -0.25) is 0 Å². The Balaban J connectivity index is 2.28. The molecule has 0 bridgehead atoms. The lowest BCUT2D eigenvalue weighted by atomic mass is 10.2. The van der Waals surface area contributed by atoms with Crippen LogP contribution < -0.4 is 5.32 Å². The number of benzene rings is 1. The third-order valence-electron chi connectivity index (χ3n) is 2.70. The average Bonchev–Trinajstić information content (AvgIpc) is 2.27. The summed E-state index contributed by atoms with van der Waals surface area (Å²) in [6, 6.07) is 8.55. The van der Waals surface area contributed by atoms with Gasteiger partial charge in [0.25, 0.3) is 0 Å². The number of hydrogen-bond acceptors (Lipinski definition) is 2. The van der Waals surface area contributed by atoms with Gasteiger partial charge < -0.3 is 10.2 Å². The Hall–Kier alpha value is -1.02. The zero-order chi connectivity index (χ0) is 11.1. The molecule has 0 heterocycles. The molecule has 0 saturated heterocycles. The Morgan fingerprint density at radius 1 is 1.07 bits per heavy atom. The molecule has 0 amide bonds. The molecule has 1 aromatic rings. The first-order chi connectivity index (χ1) is 7.26. The summed E-state index contributed by atoms with van der Waals surface area (Å²) in [5.41, 5.74) is 2.53. The van der Waals surface area contributed by atoms with Crippen molar-refractivity contribution in [3.05, 3.63) is 29.8 Å². The van der Waals surface area contributed by atoms with E-state index in [0.29, 0.717) is 0 Å². The van der Waals surface area contributed by atoms with Crippen LogP contribution in [0.5, 0.6) is 0 Å². The fourth-order valence-electron chi connectivity index (χ4n) is 1.57. The Kier molecular flexibility index (Phi) is 5.19. The summed E-state index contributed by atoms with van der Waals surface area (Å²) in [7, 11) is 0. The standard InChI is InChI=1S/C13H22N2/c1-4-15(5-2)11-10-14-13-8-6-12(3)7-9-13/h6-9,14H,4-5,10-11H2,1-3H3. The minimum Gasteiger partial charge on any atom is -0.384 e. The van der Waals surface area contributed by atoms with Crippen LogP contribution in [0.15, 0.2) is 24.3 Å². The molecule has 0 fully saturated rings. The summed E-state index contributed by atoms with van der Waals surface area (Å²) < 4.78 is 0. The van der Waals surface area contributed by atoms with Gasteiger partial charge in [-0.15, -0.1) is 0 Å². The van der Waals surface area contributed by atoms with E-state index in [-0.39, 0.29) is 0 Å². The van der Waals surface area contributed by atoms with Crippen molar-refractivity contribution in [2.75, 3.05) is 31.5 Å². The van der Waals surface area contributed by atoms with Crippen LogP contribution in [0.2, 0.25) is 0 Å². The molecular weight excluding hydrogens is 184 g/mol. The fourth-order valence-corrected chi connectivity index (χ4v) is 1.57. The van der Waals surface area contributed by atoms with Gasteiger partial charge in [0, 0.05) is 18.8 Å². The molecule has 1 N–H and O–H groups in total. The van der Waals surface area contributed by atoms with E-state index >= 15 is 0 Å². The molecule has 0 aromatic heterocycles. The summed E-state index contributed by atoms with van der Waals surface area (Å²) in [5.74, 6) is 0. The number of anilines is 1. The van der Waals surface area contributed by atoms with Gasteiger partial charge in [-0.25, -0.2) is 0 Å². The van der Waals surface area contributed by atoms with E-state index in [1.807, 2.05) is 0 Å². The topological polar surface area (TPSA) is 15.3 Å². The molecule has 0 unspecified atom stereocenters. The Labute approximate surface area is 93.3 Å². The first-order valence-electron chi connectivity index (χ1n) is 5.79. The number of hydrogen-bond donors (Lipinski definition) is 1. The third kappa shape index (κ3) is 4.34. The average molecular weight is 206 g/mol. The van der Waals surface area contributed by atoms with Crippen LogP contribution in [0.1, 0.15) is 19.4 Å². The first-order valence-corrected chi connectivity index (χ1v) is 5.79. The second-order valence-electron chi connectivity index (χ2n) is 3.82. The highest BCUT2D eigenvalue weighted by atomic mass is 15.1. The molecule has 0 aliphatic carbocycles. The quantitative estimate of drug-likeness (QED) is 0.770. The molecule has 0 spiro atoms. The van der Waals surface area contributed by atoms with Gasteiger partial charge in [0.15, 0.2) is 0 Å². The van der Waals surface area contributed by atoms with Crippen molar-refractivity contribution in [1.82, 2.24) is 4.90 Å². The molecule has 0 aliphatic heterocycles. The van der Waals surface area contributed by atoms with Crippen LogP contribution in [-0.4, -0.2) is 31.1 Å². The summed E-state index contributed by atoms with van der Waals surface area (Å²) in [6.45, 7) is 10.9. The van der Waals surface area contributed by atoms with Crippen LogP contribution in [0.25, 0.3) is 0 Å². The van der Waals surface area contributed by atoms with E-state index in [1.54, 1.807) is 0 Å². The zero-order valence-electron chi connectivity index (χ0n) is 10.1. The fraction of sp³-hybridized carbons (Fsp3) is 0.538. The molecule has 15 heavy (non-hydrogen) atoms. The number of nitrogens with zero attached hydrogens (tertiary/aromatic N) is 1. The van der Waals surface area contributed by atoms with Crippen molar-refractivity contribution in [2.45, 2.75) is 20.8 Å². The third-order valence-corrected chi connectivity index (χ3v) is 2.70. The maximum absolute atomic E-state index is 3.43. The summed E-state index contributed by atoms with van der Waals surface area (Å²) in [4.78, 5) is 2.42. The van der Waals surface area contributed by atoms with Crippen molar-refractivity contribution >= 4 is 5.69 Å². The van der Waals surface area contributed by atoms with Crippen molar-refractivity contribution in [3.8, 4) is 0 Å². The summed E-state index contributed by atoms with van der Waals surface area (Å²) in [5, 5.41) is 3.43. The largest absolute Gasteiger partial charge is 0.384 e. The molecule has 0 saturated carbocycles. The Morgan fingerprint density at radius 2 is 1.67 bits per heavy atom. The predicted molar refractivity (Wildman–Crippen MR) is 67.5 cm³/mol. The van der Waals surface area contributed by atoms with Gasteiger partial charge in [0.2, 0.25) is 0 Å². The lowest BCUT2D eigenvalue weighted by Crippen LogP contribution is -2.28. The molecule has 0 atom stereocenters. The molecular formula is C13H22N2. The highest BCUT2D eigenvalue weighted by molar-refractivity contribution is 5.44. The Morgan fingerprint density at radius 3 is 2.20 bits per heavy atom. The van der Waals surface area contributed by atoms with Gasteiger partial charge in [-0.1, -0.05) is 31.5 Å². The van der Waals surface area contributed by atoms with Gasteiger partial charge in [0.1, 0.15) is 0 Å². The maximum Gasteiger partial charge on any atom is 0.0340 e. The lowest BCUT2D eigenvalue weighted by molar-refractivity contribution is 0.316. The van der Waals surface area contributed by atoms with E-state index < -0.39 is 0 Å². The van der Waals surface area contributed by atoms with Crippen molar-refractivity contribution in [2.24, 2.45) is 0 Å². The molecule has 1 aromatic carbocycles. The SMILES string of the molecule is CCN(CC)CCNc1ccc(C)cc1. The molecule has 2 heteroatoms. The second-order valence-corrected chi connectivity index (χ2v) is 3.82. The summed E-state index contributed by atoms with van der Waals surface area (Å²) >= 11 is 0. The monoisotopic (exact) mass is 206 g/mol. The number of likely N-dealkylation sites (N-methyl/N-ethyl adjacent to an activating group) is 1. The summed E-state index contributed by atoms with van der Waals surface area (Å²) in [6.07, 6.45) is 0. The van der Waals surface area contributed by atoms with E-state index in [2.05, 4.69) is 55.3 Å². The highest BCUT2D eigenvalue weighted by Gasteiger charge is 1.97. The van der Waals surface area contributed by atoms with Crippen LogP contribution in [-0.2, 0) is 0 Å². The normalized spacial score (nSPS) is 10.7. The molecule has 0 radical (unpaired) electrons. The maximum atomic E-state index is 3.43. The van der Waals surface area contributed by atoms with Crippen LogP contribution in [0, 0.1) is 6.92 Å². The minimum atomic E-state index is 1.02. The smallest absolute Gasteiger partial charge is 0.0340 e. The molecule has 2 nitrogen and oxygen atoms in total. The van der Waals surface area contributed by atoms with E-state index in [1.165, 1.54) is 11.3 Å². The van der Waals surface area contributed by atoms with Gasteiger partial charge in [0.05, 0.1) is 0 Å². The minimum absolute atomic E-state index is 1.02. The van der Waals surface area contributed by atoms with Crippen LogP contribution in [0.3, 0.4) is 0 Å². The van der Waals surface area contributed by atoms with Crippen molar-refractivity contribution in [1.29, 1.82) is 0 Å². The first kappa shape index (κ1) is 12.1.